The zero-order valence-electron chi connectivity index (χ0n) is 23.7. The number of nitrogens with zero attached hydrogens (tertiary/aromatic N) is 3. The molecule has 1 saturated carbocycles. The first-order valence-corrected chi connectivity index (χ1v) is 14.8. The molecule has 1 aliphatic carbocycles. The average molecular weight is 574 g/mol. The van der Waals surface area contributed by atoms with Gasteiger partial charge in [0.2, 0.25) is 5.91 Å². The summed E-state index contributed by atoms with van der Waals surface area (Å²) in [4.78, 5) is 43.3. The van der Waals surface area contributed by atoms with Gasteiger partial charge in [0.15, 0.2) is 5.78 Å². The van der Waals surface area contributed by atoms with Crippen molar-refractivity contribution in [2.75, 3.05) is 26.7 Å². The summed E-state index contributed by atoms with van der Waals surface area (Å²) in [5, 5.41) is 1.41. The topological polar surface area (TPSA) is 71.9 Å². The summed E-state index contributed by atoms with van der Waals surface area (Å²) in [6.07, 6.45) is 5.49. The number of hydrogen-bond donors (Lipinski definition) is 0. The lowest BCUT2D eigenvalue weighted by molar-refractivity contribution is -0.134. The molecule has 0 unspecified atom stereocenters. The van der Waals surface area contributed by atoms with Crippen LogP contribution >= 0.6 is 11.6 Å². The lowest BCUT2D eigenvalue weighted by Gasteiger charge is -2.38. The van der Waals surface area contributed by atoms with Crippen LogP contribution in [-0.2, 0) is 35.5 Å². The van der Waals surface area contributed by atoms with Gasteiger partial charge >= 0.3 is 0 Å². The molecular formula is C33H36ClN3O4. The van der Waals surface area contributed by atoms with Crippen LogP contribution in [0, 0.1) is 18.8 Å². The van der Waals surface area contributed by atoms with E-state index in [0.29, 0.717) is 49.1 Å². The quantitative estimate of drug-likeness (QED) is 0.323. The van der Waals surface area contributed by atoms with Gasteiger partial charge in [0.25, 0.3) is 5.91 Å². The van der Waals surface area contributed by atoms with Gasteiger partial charge in [-0.05, 0) is 73.9 Å². The second-order valence-corrected chi connectivity index (χ2v) is 12.2. The lowest BCUT2D eigenvalue weighted by Crippen LogP contribution is -2.50. The summed E-state index contributed by atoms with van der Waals surface area (Å²) in [7, 11) is 1.68. The maximum absolute atomic E-state index is 14.4. The van der Waals surface area contributed by atoms with Crippen LogP contribution in [0.2, 0.25) is 5.02 Å². The molecule has 2 amide bonds. The predicted octanol–water partition coefficient (Wildman–Crippen LogP) is 5.37. The van der Waals surface area contributed by atoms with Crippen LogP contribution in [0.15, 0.2) is 43.0 Å². The zero-order chi connectivity index (χ0) is 28.8. The van der Waals surface area contributed by atoms with E-state index < -0.39 is 0 Å². The molecule has 0 atom stereocenters. The lowest BCUT2D eigenvalue weighted by atomic mass is 9.94. The number of ether oxygens (including phenoxy) is 1. The number of hydrogen-bond acceptors (Lipinski definition) is 4. The molecular weight excluding hydrogens is 538 g/mol. The number of benzene rings is 2. The van der Waals surface area contributed by atoms with E-state index in [0.717, 1.165) is 64.7 Å². The first-order valence-electron chi connectivity index (χ1n) is 14.5. The van der Waals surface area contributed by atoms with E-state index in [9.17, 15) is 14.4 Å². The Morgan fingerprint density at radius 2 is 1.90 bits per heavy atom. The van der Waals surface area contributed by atoms with Crippen LogP contribution in [0.1, 0.15) is 52.0 Å². The number of aromatic nitrogens is 1. The highest BCUT2D eigenvalue weighted by atomic mass is 35.5. The summed E-state index contributed by atoms with van der Waals surface area (Å²) in [6.45, 7) is 8.03. The van der Waals surface area contributed by atoms with Crippen LogP contribution in [0.5, 0.6) is 5.75 Å². The van der Waals surface area contributed by atoms with Crippen molar-refractivity contribution >= 4 is 40.1 Å². The minimum Gasteiger partial charge on any atom is -0.496 e. The van der Waals surface area contributed by atoms with E-state index >= 15 is 0 Å². The second-order valence-electron chi connectivity index (χ2n) is 11.8. The van der Waals surface area contributed by atoms with Crippen molar-refractivity contribution in [2.45, 2.75) is 52.1 Å². The van der Waals surface area contributed by atoms with Crippen LogP contribution < -0.4 is 4.74 Å². The molecule has 1 aromatic heterocycles. The van der Waals surface area contributed by atoms with Gasteiger partial charge in [-0.2, -0.15) is 0 Å². The van der Waals surface area contributed by atoms with Gasteiger partial charge in [0, 0.05) is 60.2 Å². The van der Waals surface area contributed by atoms with Gasteiger partial charge in [0.05, 0.1) is 24.7 Å². The van der Waals surface area contributed by atoms with Gasteiger partial charge in [-0.3, -0.25) is 14.4 Å². The van der Waals surface area contributed by atoms with Crippen molar-refractivity contribution in [1.29, 1.82) is 0 Å². The number of fused-ring (bicyclic) bond motifs is 2. The van der Waals surface area contributed by atoms with Crippen molar-refractivity contribution in [3.63, 3.8) is 0 Å². The third kappa shape index (κ3) is 5.28. The van der Waals surface area contributed by atoms with Crippen LogP contribution in [0.25, 0.3) is 10.9 Å². The van der Waals surface area contributed by atoms with Crippen LogP contribution in [0.4, 0.5) is 0 Å². The normalized spacial score (nSPS) is 16.9. The largest absolute Gasteiger partial charge is 0.496 e. The highest BCUT2D eigenvalue weighted by Crippen LogP contribution is 2.40. The number of rotatable bonds is 9. The molecule has 0 N–H and O–H groups in total. The predicted molar refractivity (Wildman–Crippen MR) is 159 cm³/mol. The zero-order valence-corrected chi connectivity index (χ0v) is 24.5. The number of amides is 2. The monoisotopic (exact) mass is 573 g/mol. The number of ketones is 1. The van der Waals surface area contributed by atoms with Crippen molar-refractivity contribution in [1.82, 2.24) is 14.4 Å². The number of aryl methyl sites for hydroxylation is 1. The first kappa shape index (κ1) is 27.6. The number of methoxy groups -OCH3 is 1. The Hall–Kier alpha value is -3.58. The SMILES string of the molecule is C=CC(=O)N1CC(CC(=O)Cn2c(CC3CC3)c(C(=O)N3CCc4c(cccc4OC)C3)c3cc(Cl)cc(C)c32)C1. The minimum atomic E-state index is -0.0914. The Morgan fingerprint density at radius 1 is 1.12 bits per heavy atom. The van der Waals surface area contributed by atoms with E-state index in [2.05, 4.69) is 17.2 Å². The molecule has 7 nitrogen and oxygen atoms in total. The summed E-state index contributed by atoms with van der Waals surface area (Å²) in [5.41, 5.74) is 5.76. The average Bonchev–Trinajstić information content (AvgIpc) is 3.71. The number of carbonyl (C=O) groups is 3. The van der Waals surface area contributed by atoms with E-state index in [-0.39, 0.29) is 30.1 Å². The number of carbonyl (C=O) groups excluding carboxylic acids is 3. The molecule has 41 heavy (non-hydrogen) atoms. The summed E-state index contributed by atoms with van der Waals surface area (Å²) in [5.74, 6) is 1.55. The maximum Gasteiger partial charge on any atom is 0.256 e. The summed E-state index contributed by atoms with van der Waals surface area (Å²) in [6, 6.07) is 9.81. The van der Waals surface area contributed by atoms with Crippen LogP contribution in [-0.4, -0.2) is 58.7 Å². The van der Waals surface area contributed by atoms with Crippen LogP contribution in [0.3, 0.4) is 0 Å². The summed E-state index contributed by atoms with van der Waals surface area (Å²) < 4.78 is 7.67. The second kappa shape index (κ2) is 11.0. The smallest absolute Gasteiger partial charge is 0.256 e. The fourth-order valence-electron chi connectivity index (χ4n) is 6.60. The molecule has 1 saturated heterocycles. The van der Waals surface area contributed by atoms with E-state index in [1.165, 1.54) is 6.08 Å². The van der Waals surface area contributed by atoms with E-state index in [1.54, 1.807) is 12.0 Å². The van der Waals surface area contributed by atoms with Crippen molar-refractivity contribution < 1.29 is 19.1 Å². The fourth-order valence-corrected chi connectivity index (χ4v) is 6.87. The number of Topliss-reactive ketones (excluding diaryl/α,β-unsaturated/α-hetero) is 1. The van der Waals surface area contributed by atoms with Crippen molar-refractivity contribution in [3.05, 3.63) is 76.0 Å². The van der Waals surface area contributed by atoms with Gasteiger partial charge < -0.3 is 19.1 Å². The molecule has 0 bridgehead atoms. The van der Waals surface area contributed by atoms with E-state index in [1.807, 2.05) is 36.1 Å². The molecule has 8 heteroatoms. The van der Waals surface area contributed by atoms with Crippen molar-refractivity contribution in [3.8, 4) is 5.75 Å². The van der Waals surface area contributed by atoms with Gasteiger partial charge in [-0.1, -0.05) is 30.3 Å². The Kier molecular flexibility index (Phi) is 7.41. The standard InChI is InChI=1S/C33H36ClN3O4/c1-4-30(39)36-16-22(17-36)13-25(38)19-37-28(14-21-8-9-21)31(27-15-24(34)12-20(2)32(27)37)33(40)35-11-10-26-23(18-35)6-5-7-29(26)41-3/h4-7,12,15,21-22H,1,8-11,13-14,16-19H2,2-3H3. The Labute approximate surface area is 245 Å². The molecule has 2 aromatic carbocycles. The molecule has 214 valence electrons. The number of likely N-dealkylation sites (tertiary alicyclic amines) is 1. The van der Waals surface area contributed by atoms with Crippen molar-refractivity contribution in [2.24, 2.45) is 11.8 Å². The van der Waals surface area contributed by atoms with Gasteiger partial charge in [0.1, 0.15) is 5.75 Å². The molecule has 0 spiro atoms. The van der Waals surface area contributed by atoms with Gasteiger partial charge in [-0.25, -0.2) is 0 Å². The molecule has 3 heterocycles. The molecule has 3 aromatic rings. The summed E-state index contributed by atoms with van der Waals surface area (Å²) >= 11 is 6.56. The third-order valence-electron chi connectivity index (χ3n) is 8.84. The highest BCUT2D eigenvalue weighted by Gasteiger charge is 2.35. The minimum absolute atomic E-state index is 0.00967. The molecule has 6 rings (SSSR count). The molecule has 2 fully saturated rings. The van der Waals surface area contributed by atoms with Gasteiger partial charge in [-0.15, -0.1) is 0 Å². The Balaban J connectivity index is 1.34. The molecule has 2 aliphatic heterocycles. The third-order valence-corrected chi connectivity index (χ3v) is 9.05. The molecule has 3 aliphatic rings. The fraction of sp³-hybridized carbons (Fsp3) is 0.424. The molecule has 0 radical (unpaired) electrons. The number of halogens is 1. The Morgan fingerprint density at radius 3 is 2.61 bits per heavy atom. The van der Waals surface area contributed by atoms with E-state index in [4.69, 9.17) is 16.3 Å². The highest BCUT2D eigenvalue weighted by molar-refractivity contribution is 6.31. The Bertz CT molecular complexity index is 1560. The first-order chi connectivity index (χ1) is 19.8. The maximum atomic E-state index is 14.4.